The number of rotatable bonds is 2. The number of hydrogen-bond donors (Lipinski definition) is 0. The van der Waals surface area contributed by atoms with E-state index in [1.165, 1.54) is 11.1 Å². The van der Waals surface area contributed by atoms with Gasteiger partial charge in [0.1, 0.15) is 7.85 Å². The Hall–Kier alpha value is -1.96. The third-order valence-electron chi connectivity index (χ3n) is 3.02. The van der Waals surface area contributed by atoms with Gasteiger partial charge in [0.2, 0.25) is 0 Å². The molecule has 0 unspecified atom stereocenters. The first kappa shape index (κ1) is 10.2. The van der Waals surface area contributed by atoms with Crippen LogP contribution in [-0.2, 0) is 6.54 Å². The van der Waals surface area contributed by atoms with Gasteiger partial charge in [-0.1, -0.05) is 54.0 Å². The molecule has 0 aliphatic heterocycles. The van der Waals surface area contributed by atoms with Crippen molar-refractivity contribution in [1.82, 2.24) is 4.57 Å². The van der Waals surface area contributed by atoms with Gasteiger partial charge in [0.25, 0.3) is 0 Å². The molecule has 3 rings (SSSR count). The Kier molecular flexibility index (Phi) is 2.48. The second kappa shape index (κ2) is 4.13. The third kappa shape index (κ3) is 1.87. The van der Waals surface area contributed by atoms with Crippen molar-refractivity contribution < 1.29 is 0 Å². The molecule has 2 heteroatoms. The maximum atomic E-state index is 6.01. The summed E-state index contributed by atoms with van der Waals surface area (Å²) in [5.74, 6) is 0. The minimum Gasteiger partial charge on any atom is -0.344 e. The van der Waals surface area contributed by atoms with Gasteiger partial charge in [-0.25, -0.2) is 0 Å². The molecule has 3 aromatic rings. The zero-order chi connectivity index (χ0) is 11.7. The highest BCUT2D eigenvalue weighted by molar-refractivity contribution is 6.38. The van der Waals surface area contributed by atoms with E-state index >= 15 is 0 Å². The smallest absolute Gasteiger partial charge is 0.116 e. The number of hydrogen-bond acceptors (Lipinski definition) is 0. The minimum atomic E-state index is 0.844. The lowest BCUT2D eigenvalue weighted by molar-refractivity contribution is 0.839. The van der Waals surface area contributed by atoms with E-state index < -0.39 is 0 Å². The van der Waals surface area contributed by atoms with Crippen LogP contribution in [0.3, 0.4) is 0 Å². The minimum absolute atomic E-state index is 0.844. The van der Waals surface area contributed by atoms with E-state index in [2.05, 4.69) is 41.0 Å². The molecule has 1 aromatic heterocycles. The monoisotopic (exact) mass is 217 g/mol. The Morgan fingerprint density at radius 2 is 1.59 bits per heavy atom. The Labute approximate surface area is 102 Å². The van der Waals surface area contributed by atoms with Gasteiger partial charge in [-0.05, 0) is 23.2 Å². The summed E-state index contributed by atoms with van der Waals surface area (Å²) in [4.78, 5) is 0. The number of para-hydroxylation sites is 1. The van der Waals surface area contributed by atoms with Gasteiger partial charge in [0.05, 0.1) is 0 Å². The van der Waals surface area contributed by atoms with Crippen LogP contribution in [0, 0.1) is 0 Å². The van der Waals surface area contributed by atoms with Gasteiger partial charge in [-0.3, -0.25) is 0 Å². The second-order valence-corrected chi connectivity index (χ2v) is 4.22. The van der Waals surface area contributed by atoms with E-state index in [9.17, 15) is 0 Å². The molecular formula is C15H12BN. The average Bonchev–Trinajstić information content (AvgIpc) is 2.69. The summed E-state index contributed by atoms with van der Waals surface area (Å²) >= 11 is 0. The van der Waals surface area contributed by atoms with Crippen LogP contribution in [0.25, 0.3) is 10.9 Å². The number of fused-ring (bicyclic) bond motifs is 1. The second-order valence-electron chi connectivity index (χ2n) is 4.22. The zero-order valence-corrected chi connectivity index (χ0v) is 9.51. The topological polar surface area (TPSA) is 4.93 Å². The molecule has 0 aliphatic carbocycles. The van der Waals surface area contributed by atoms with E-state index in [0.717, 1.165) is 17.4 Å². The van der Waals surface area contributed by atoms with Crippen molar-refractivity contribution in [3.63, 3.8) is 0 Å². The van der Waals surface area contributed by atoms with E-state index in [1.807, 2.05) is 24.4 Å². The predicted molar refractivity (Wildman–Crippen MR) is 72.9 cm³/mol. The lowest BCUT2D eigenvalue weighted by atomic mass is 9.96. The molecular weight excluding hydrogens is 205 g/mol. The fourth-order valence-corrected chi connectivity index (χ4v) is 2.19. The van der Waals surface area contributed by atoms with Crippen LogP contribution in [0.1, 0.15) is 5.56 Å². The Morgan fingerprint density at radius 3 is 2.41 bits per heavy atom. The van der Waals surface area contributed by atoms with Crippen molar-refractivity contribution in [2.45, 2.75) is 6.54 Å². The van der Waals surface area contributed by atoms with Crippen molar-refractivity contribution >= 4 is 24.2 Å². The van der Waals surface area contributed by atoms with Crippen molar-refractivity contribution in [1.29, 1.82) is 0 Å². The normalized spacial score (nSPS) is 10.8. The van der Waals surface area contributed by atoms with E-state index in [4.69, 9.17) is 7.85 Å². The summed E-state index contributed by atoms with van der Waals surface area (Å²) in [6, 6.07) is 18.6. The van der Waals surface area contributed by atoms with Crippen molar-refractivity contribution in [2.24, 2.45) is 0 Å². The maximum Gasteiger partial charge on any atom is 0.116 e. The fourth-order valence-electron chi connectivity index (χ4n) is 2.19. The molecule has 0 atom stereocenters. The summed E-state index contributed by atoms with van der Waals surface area (Å²) in [5.41, 5.74) is 3.32. The lowest BCUT2D eigenvalue weighted by Crippen LogP contribution is -2.01. The van der Waals surface area contributed by atoms with Crippen LogP contribution >= 0.6 is 0 Å². The molecule has 1 nitrogen and oxygen atoms in total. The van der Waals surface area contributed by atoms with Gasteiger partial charge in [-0.2, -0.15) is 0 Å². The van der Waals surface area contributed by atoms with Gasteiger partial charge in [-0.15, -0.1) is 0 Å². The van der Waals surface area contributed by atoms with Gasteiger partial charge >= 0.3 is 0 Å². The molecule has 0 bridgehead atoms. The van der Waals surface area contributed by atoms with Gasteiger partial charge in [0, 0.05) is 12.1 Å². The van der Waals surface area contributed by atoms with Crippen molar-refractivity contribution in [2.75, 3.05) is 0 Å². The van der Waals surface area contributed by atoms with E-state index in [-0.39, 0.29) is 0 Å². The lowest BCUT2D eigenvalue weighted by Gasteiger charge is -2.05. The summed E-state index contributed by atoms with van der Waals surface area (Å²) < 4.78 is 2.19. The highest BCUT2D eigenvalue weighted by Gasteiger charge is 2.03. The summed E-state index contributed by atoms with van der Waals surface area (Å²) in [7, 11) is 6.01. The van der Waals surface area contributed by atoms with Crippen LogP contribution in [-0.4, -0.2) is 12.4 Å². The molecule has 2 radical (unpaired) electrons. The van der Waals surface area contributed by atoms with Crippen LogP contribution in [0.2, 0.25) is 0 Å². The van der Waals surface area contributed by atoms with Crippen LogP contribution in [0.15, 0.2) is 60.8 Å². The van der Waals surface area contributed by atoms with Gasteiger partial charge < -0.3 is 4.57 Å². The van der Waals surface area contributed by atoms with Crippen molar-refractivity contribution in [3.8, 4) is 0 Å². The molecule has 0 fully saturated rings. The van der Waals surface area contributed by atoms with Crippen LogP contribution in [0.5, 0.6) is 0 Å². The molecule has 0 amide bonds. The molecule has 0 spiro atoms. The first-order valence-corrected chi connectivity index (χ1v) is 5.72. The largest absolute Gasteiger partial charge is 0.344 e. The van der Waals surface area contributed by atoms with E-state index in [0.29, 0.717) is 0 Å². The zero-order valence-electron chi connectivity index (χ0n) is 9.51. The quantitative estimate of drug-likeness (QED) is 0.581. The first-order chi connectivity index (χ1) is 8.34. The highest BCUT2D eigenvalue weighted by atomic mass is 15.0. The van der Waals surface area contributed by atoms with Crippen LogP contribution in [0.4, 0.5) is 0 Å². The Balaban J connectivity index is 2.07. The van der Waals surface area contributed by atoms with Gasteiger partial charge in [0.15, 0.2) is 0 Å². The first-order valence-electron chi connectivity index (χ1n) is 5.72. The van der Waals surface area contributed by atoms with E-state index in [1.54, 1.807) is 0 Å². The number of benzene rings is 2. The number of nitrogens with zero attached hydrogens (tertiary/aromatic N) is 1. The standard InChI is InChI=1S/C15H12BN/c16-14-11-17(10-12-6-2-1-3-7-12)15-9-5-4-8-13(14)15/h1-9,11H,10H2. The summed E-state index contributed by atoms with van der Waals surface area (Å²) in [6.07, 6.45) is 2.01. The molecule has 0 saturated carbocycles. The van der Waals surface area contributed by atoms with Crippen molar-refractivity contribution in [3.05, 3.63) is 66.4 Å². The highest BCUT2D eigenvalue weighted by Crippen LogP contribution is 2.14. The molecule has 80 valence electrons. The molecule has 17 heavy (non-hydrogen) atoms. The molecule has 1 heterocycles. The molecule has 0 aliphatic rings. The Bertz CT molecular complexity index is 640. The molecule has 0 N–H and O–H groups in total. The fraction of sp³-hybridized carbons (Fsp3) is 0.0667. The number of aromatic nitrogens is 1. The summed E-state index contributed by atoms with van der Waals surface area (Å²) in [6.45, 7) is 0.860. The SMILES string of the molecule is [B]c1cn(Cc2ccccc2)c2ccccc12. The summed E-state index contributed by atoms with van der Waals surface area (Å²) in [5, 5.41) is 1.13. The predicted octanol–water partition coefficient (Wildman–Crippen LogP) is 2.48. The Morgan fingerprint density at radius 1 is 0.882 bits per heavy atom. The molecule has 0 saturated heterocycles. The third-order valence-corrected chi connectivity index (χ3v) is 3.02. The van der Waals surface area contributed by atoms with Crippen LogP contribution < -0.4 is 5.46 Å². The maximum absolute atomic E-state index is 6.01. The molecule has 2 aromatic carbocycles. The average molecular weight is 217 g/mol.